The van der Waals surface area contributed by atoms with Gasteiger partial charge in [-0.1, -0.05) is 54.6 Å². The van der Waals surface area contributed by atoms with Gasteiger partial charge in [-0.25, -0.2) is 13.8 Å². The number of fused-ring (bicyclic) bond motifs is 1. The number of anilines is 1. The van der Waals surface area contributed by atoms with E-state index in [9.17, 15) is 13.6 Å². The molecule has 1 aromatic heterocycles. The summed E-state index contributed by atoms with van der Waals surface area (Å²) in [6, 6.07) is 24.9. The van der Waals surface area contributed by atoms with Gasteiger partial charge in [0.25, 0.3) is 5.91 Å². The van der Waals surface area contributed by atoms with Crippen molar-refractivity contribution < 1.29 is 13.6 Å². The molecule has 36 heavy (non-hydrogen) atoms. The number of nitrogens with zero attached hydrogens (tertiary/aromatic N) is 2. The quantitative estimate of drug-likeness (QED) is 0.292. The Morgan fingerprint density at radius 2 is 1.56 bits per heavy atom. The van der Waals surface area contributed by atoms with Crippen molar-refractivity contribution in [3.8, 4) is 0 Å². The van der Waals surface area contributed by atoms with Gasteiger partial charge in [-0.3, -0.25) is 4.79 Å². The molecule has 4 aromatic carbocycles. The molecule has 1 heterocycles. The molecule has 1 amide bonds. The summed E-state index contributed by atoms with van der Waals surface area (Å²) in [5.74, 6) is -0.556. The Balaban J connectivity index is 1.70. The lowest BCUT2D eigenvalue weighted by Crippen LogP contribution is -2.28. The molecule has 5 aromatic rings. The van der Waals surface area contributed by atoms with Crippen molar-refractivity contribution in [2.45, 2.75) is 26.3 Å². The molecule has 1 N–H and O–H groups in total. The zero-order valence-electron chi connectivity index (χ0n) is 20.0. The van der Waals surface area contributed by atoms with E-state index in [2.05, 4.69) is 5.32 Å². The minimum atomic E-state index is -0.812. The lowest BCUT2D eigenvalue weighted by molar-refractivity contribution is -0.118. The molecular weight excluding hydrogens is 456 g/mol. The monoisotopic (exact) mass is 481 g/mol. The second-order valence-corrected chi connectivity index (χ2v) is 8.91. The van der Waals surface area contributed by atoms with Crippen LogP contribution in [0, 0.1) is 25.5 Å². The Kier molecular flexibility index (Phi) is 6.34. The van der Waals surface area contributed by atoms with Crippen molar-refractivity contribution >= 4 is 22.6 Å². The number of amides is 1. The maximum atomic E-state index is 14.4. The lowest BCUT2D eigenvalue weighted by Gasteiger charge is -2.22. The summed E-state index contributed by atoms with van der Waals surface area (Å²) in [6.45, 7) is 4.04. The van der Waals surface area contributed by atoms with Crippen molar-refractivity contribution in [3.05, 3.63) is 131 Å². The molecule has 0 aliphatic rings. The number of hydrogen-bond donors (Lipinski definition) is 1. The minimum absolute atomic E-state index is 0.111. The Bertz CT molecular complexity index is 1540. The highest BCUT2D eigenvalue weighted by Crippen LogP contribution is 2.31. The molecule has 6 heteroatoms. The first-order valence-electron chi connectivity index (χ1n) is 11.7. The van der Waals surface area contributed by atoms with E-state index < -0.39 is 11.9 Å². The minimum Gasteiger partial charge on any atom is -0.321 e. The molecule has 180 valence electrons. The van der Waals surface area contributed by atoms with Crippen molar-refractivity contribution in [1.82, 2.24) is 9.55 Å². The Hall–Kier alpha value is -4.32. The summed E-state index contributed by atoms with van der Waals surface area (Å²) in [5.41, 5.74) is 5.43. The number of aromatic nitrogens is 2. The highest BCUT2D eigenvalue weighted by Gasteiger charge is 2.28. The van der Waals surface area contributed by atoms with Gasteiger partial charge in [0.2, 0.25) is 0 Å². The van der Waals surface area contributed by atoms with E-state index in [1.165, 1.54) is 24.3 Å². The molecule has 0 bridgehead atoms. The second kappa shape index (κ2) is 9.74. The predicted molar refractivity (Wildman–Crippen MR) is 138 cm³/mol. The number of rotatable bonds is 6. The smallest absolute Gasteiger partial charge is 0.252 e. The number of benzene rings is 4. The molecule has 0 unspecified atom stereocenters. The Labute approximate surface area is 208 Å². The van der Waals surface area contributed by atoms with Crippen LogP contribution in [0.4, 0.5) is 14.5 Å². The first kappa shape index (κ1) is 23.4. The summed E-state index contributed by atoms with van der Waals surface area (Å²) in [6.07, 6.45) is 0.392. The number of halogens is 2. The topological polar surface area (TPSA) is 46.9 Å². The molecule has 0 aliphatic heterocycles. The third-order valence-electron chi connectivity index (χ3n) is 6.41. The van der Waals surface area contributed by atoms with Crippen LogP contribution in [0.25, 0.3) is 11.0 Å². The highest BCUT2D eigenvalue weighted by molar-refractivity contribution is 5.97. The van der Waals surface area contributed by atoms with Crippen LogP contribution >= 0.6 is 0 Å². The molecule has 0 saturated carbocycles. The van der Waals surface area contributed by atoms with Crippen molar-refractivity contribution in [2.75, 3.05) is 5.32 Å². The predicted octanol–water partition coefficient (Wildman–Crippen LogP) is 6.75. The normalized spacial score (nSPS) is 12.0. The summed E-state index contributed by atoms with van der Waals surface area (Å²) in [5, 5.41) is 2.77. The molecule has 0 fully saturated rings. The lowest BCUT2D eigenvalue weighted by atomic mass is 10.0. The molecular formula is C30H25F2N3O. The molecule has 0 spiro atoms. The summed E-state index contributed by atoms with van der Waals surface area (Å²) in [4.78, 5) is 18.7. The van der Waals surface area contributed by atoms with E-state index >= 15 is 0 Å². The number of aryl methyl sites for hydroxylation is 2. The van der Waals surface area contributed by atoms with Gasteiger partial charge in [0, 0.05) is 6.42 Å². The van der Waals surface area contributed by atoms with E-state index in [-0.39, 0.29) is 17.4 Å². The summed E-state index contributed by atoms with van der Waals surface area (Å²) in [7, 11) is 0. The van der Waals surface area contributed by atoms with Gasteiger partial charge in [-0.05, 0) is 72.5 Å². The fourth-order valence-corrected chi connectivity index (χ4v) is 4.41. The van der Waals surface area contributed by atoms with Crippen LogP contribution < -0.4 is 5.32 Å². The largest absolute Gasteiger partial charge is 0.321 e. The number of carbonyl (C=O) groups is 1. The Morgan fingerprint density at radius 3 is 2.28 bits per heavy atom. The van der Waals surface area contributed by atoms with Gasteiger partial charge < -0.3 is 9.88 Å². The zero-order chi connectivity index (χ0) is 25.2. The van der Waals surface area contributed by atoms with Crippen molar-refractivity contribution in [3.63, 3.8) is 0 Å². The fourth-order valence-electron chi connectivity index (χ4n) is 4.41. The maximum Gasteiger partial charge on any atom is 0.252 e. The van der Waals surface area contributed by atoms with Crippen LogP contribution in [0.5, 0.6) is 0 Å². The number of hydrogen-bond acceptors (Lipinski definition) is 2. The van der Waals surface area contributed by atoms with Gasteiger partial charge in [0.05, 0.1) is 16.7 Å². The average molecular weight is 482 g/mol. The molecule has 4 nitrogen and oxygen atoms in total. The van der Waals surface area contributed by atoms with E-state index in [1.807, 2.05) is 60.9 Å². The SMILES string of the molecule is Cc1cc2nc(Cc3ccc(F)cc3)n([C@H](C(=O)Nc3ccccc3F)c3ccccc3)c2cc1C. The van der Waals surface area contributed by atoms with E-state index in [1.54, 1.807) is 24.3 Å². The third kappa shape index (κ3) is 4.62. The van der Waals surface area contributed by atoms with E-state index in [0.717, 1.165) is 33.3 Å². The summed E-state index contributed by atoms with van der Waals surface area (Å²) < 4.78 is 29.9. The van der Waals surface area contributed by atoms with Gasteiger partial charge in [-0.15, -0.1) is 0 Å². The van der Waals surface area contributed by atoms with Crippen molar-refractivity contribution in [1.29, 1.82) is 0 Å². The van der Waals surface area contributed by atoms with Crippen LogP contribution in [0.2, 0.25) is 0 Å². The van der Waals surface area contributed by atoms with Crippen LogP contribution in [0.1, 0.15) is 34.1 Å². The van der Waals surface area contributed by atoms with Crippen LogP contribution in [-0.4, -0.2) is 15.5 Å². The Morgan fingerprint density at radius 1 is 0.889 bits per heavy atom. The molecule has 0 radical (unpaired) electrons. The van der Waals surface area contributed by atoms with E-state index in [0.29, 0.717) is 12.2 Å². The first-order valence-corrected chi connectivity index (χ1v) is 11.7. The fraction of sp³-hybridized carbons (Fsp3) is 0.133. The highest BCUT2D eigenvalue weighted by atomic mass is 19.1. The van der Waals surface area contributed by atoms with Crippen LogP contribution in [0.3, 0.4) is 0 Å². The zero-order valence-corrected chi connectivity index (χ0v) is 20.0. The molecule has 0 saturated heterocycles. The number of imidazole rings is 1. The average Bonchev–Trinajstić information content (AvgIpc) is 3.19. The van der Waals surface area contributed by atoms with Gasteiger partial charge >= 0.3 is 0 Å². The molecule has 0 aliphatic carbocycles. The van der Waals surface area contributed by atoms with Crippen LogP contribution in [-0.2, 0) is 11.2 Å². The summed E-state index contributed by atoms with van der Waals surface area (Å²) >= 11 is 0. The van der Waals surface area contributed by atoms with Gasteiger partial charge in [-0.2, -0.15) is 0 Å². The third-order valence-corrected chi connectivity index (χ3v) is 6.41. The molecule has 5 rings (SSSR count). The van der Waals surface area contributed by atoms with E-state index in [4.69, 9.17) is 4.98 Å². The molecule has 1 atom stereocenters. The number of para-hydroxylation sites is 1. The standard InChI is InChI=1S/C30H25F2N3O/c1-19-16-26-27(17-20(19)2)35(28(33-26)18-21-12-14-23(31)15-13-21)29(22-8-4-3-5-9-22)30(36)34-25-11-7-6-10-24(25)32/h3-17,29H,18H2,1-2H3,(H,34,36)/t29-/m0/s1. The number of carbonyl (C=O) groups excluding carboxylic acids is 1. The van der Waals surface area contributed by atoms with Crippen molar-refractivity contribution in [2.24, 2.45) is 0 Å². The van der Waals surface area contributed by atoms with Gasteiger partial charge in [0.1, 0.15) is 23.5 Å². The number of nitrogens with one attached hydrogen (secondary N) is 1. The second-order valence-electron chi connectivity index (χ2n) is 8.91. The maximum absolute atomic E-state index is 14.4. The van der Waals surface area contributed by atoms with Gasteiger partial charge in [0.15, 0.2) is 0 Å². The first-order chi connectivity index (χ1) is 17.4. The van der Waals surface area contributed by atoms with Crippen LogP contribution in [0.15, 0.2) is 91.0 Å².